The van der Waals surface area contributed by atoms with Crippen LogP contribution < -0.4 is 0 Å². The molecule has 0 aliphatic carbocycles. The van der Waals surface area contributed by atoms with Crippen LogP contribution in [-0.2, 0) is 6.61 Å². The van der Waals surface area contributed by atoms with E-state index < -0.39 is 0 Å². The number of rotatable bonds is 3. The predicted octanol–water partition coefficient (Wildman–Crippen LogP) is 2.24. The first kappa shape index (κ1) is 12.7. The Bertz CT molecular complexity index is 806. The third-order valence-corrected chi connectivity index (χ3v) is 3.87. The second kappa shape index (κ2) is 5.33. The number of aromatic nitrogens is 3. The molecule has 98 valence electrons. The fourth-order valence-electron chi connectivity index (χ4n) is 1.84. The van der Waals surface area contributed by atoms with E-state index in [9.17, 15) is 5.26 Å². The van der Waals surface area contributed by atoms with Crippen molar-refractivity contribution in [1.82, 2.24) is 14.6 Å². The van der Waals surface area contributed by atoms with Crippen molar-refractivity contribution in [3.05, 3.63) is 53.7 Å². The summed E-state index contributed by atoms with van der Waals surface area (Å²) in [5.41, 5.74) is 2.01. The van der Waals surface area contributed by atoms with E-state index in [0.717, 1.165) is 16.1 Å². The van der Waals surface area contributed by atoms with E-state index in [4.69, 9.17) is 5.11 Å². The number of benzene rings is 1. The van der Waals surface area contributed by atoms with Crippen LogP contribution in [0.1, 0.15) is 11.1 Å². The first-order valence-corrected chi connectivity index (χ1v) is 6.75. The zero-order valence-corrected chi connectivity index (χ0v) is 11.2. The quantitative estimate of drug-likeness (QED) is 0.797. The molecule has 0 radical (unpaired) electrons. The third kappa shape index (κ3) is 2.25. The number of nitrogens with zero attached hydrogens (tertiary/aromatic N) is 4. The van der Waals surface area contributed by atoms with Crippen LogP contribution in [-0.4, -0.2) is 19.7 Å². The first-order valence-electron chi connectivity index (χ1n) is 5.93. The topological polar surface area (TPSA) is 74.2 Å². The fourth-order valence-corrected chi connectivity index (χ4v) is 2.72. The van der Waals surface area contributed by atoms with E-state index in [1.807, 2.05) is 34.9 Å². The summed E-state index contributed by atoms with van der Waals surface area (Å²) in [6.07, 6.45) is 1.88. The molecule has 0 atom stereocenters. The molecule has 5 nitrogen and oxygen atoms in total. The number of aliphatic hydroxyl groups is 1. The molecule has 0 bridgehead atoms. The van der Waals surface area contributed by atoms with E-state index in [-0.39, 0.29) is 6.61 Å². The lowest BCUT2D eigenvalue weighted by molar-refractivity contribution is 0.281. The summed E-state index contributed by atoms with van der Waals surface area (Å²) in [6.45, 7) is -0.0759. The van der Waals surface area contributed by atoms with Gasteiger partial charge in [0.1, 0.15) is 6.07 Å². The summed E-state index contributed by atoms with van der Waals surface area (Å²) in [5.74, 6) is 0. The van der Waals surface area contributed by atoms with Gasteiger partial charge < -0.3 is 5.11 Å². The molecular formula is C14H10N4OS. The molecule has 2 aromatic heterocycles. The van der Waals surface area contributed by atoms with E-state index in [2.05, 4.69) is 16.3 Å². The molecule has 0 spiro atoms. The lowest BCUT2D eigenvalue weighted by atomic mass is 10.1. The molecule has 6 heteroatoms. The number of fused-ring (bicyclic) bond motifs is 1. The second-order valence-corrected chi connectivity index (χ2v) is 5.12. The van der Waals surface area contributed by atoms with Crippen LogP contribution in [0, 0.1) is 11.3 Å². The van der Waals surface area contributed by atoms with Gasteiger partial charge in [-0.1, -0.05) is 12.1 Å². The standard InChI is InChI=1S/C14H10N4OS/c15-8-11-7-10(9-19)4-5-12(11)20-14-17-16-13-3-1-2-6-18(13)14/h1-7,19H,9H2. The fraction of sp³-hybridized carbons (Fsp3) is 0.0714. The molecule has 0 aliphatic heterocycles. The molecule has 3 rings (SSSR count). The maximum Gasteiger partial charge on any atom is 0.200 e. The zero-order chi connectivity index (χ0) is 13.9. The maximum absolute atomic E-state index is 9.19. The molecule has 20 heavy (non-hydrogen) atoms. The van der Waals surface area contributed by atoms with Crippen molar-refractivity contribution in [2.45, 2.75) is 16.7 Å². The van der Waals surface area contributed by atoms with Crippen molar-refractivity contribution in [1.29, 1.82) is 5.26 Å². The summed E-state index contributed by atoms with van der Waals surface area (Å²) in [4.78, 5) is 0.794. The van der Waals surface area contributed by atoms with Crippen LogP contribution >= 0.6 is 11.8 Å². The van der Waals surface area contributed by atoms with Crippen molar-refractivity contribution in [2.24, 2.45) is 0 Å². The van der Waals surface area contributed by atoms with Gasteiger partial charge in [0.25, 0.3) is 0 Å². The van der Waals surface area contributed by atoms with Gasteiger partial charge in [-0.3, -0.25) is 4.40 Å². The molecule has 0 saturated heterocycles. The van der Waals surface area contributed by atoms with Crippen LogP contribution in [0.5, 0.6) is 0 Å². The van der Waals surface area contributed by atoms with E-state index in [0.29, 0.717) is 10.7 Å². The Kier molecular flexibility index (Phi) is 3.37. The molecule has 1 N–H and O–H groups in total. The SMILES string of the molecule is N#Cc1cc(CO)ccc1Sc1nnc2ccccn12. The number of hydrogen-bond acceptors (Lipinski definition) is 5. The lowest BCUT2D eigenvalue weighted by Gasteiger charge is -2.04. The Morgan fingerprint density at radius 3 is 2.95 bits per heavy atom. The largest absolute Gasteiger partial charge is 0.392 e. The van der Waals surface area contributed by atoms with Crippen LogP contribution in [0.4, 0.5) is 0 Å². The van der Waals surface area contributed by atoms with Gasteiger partial charge in [0.2, 0.25) is 0 Å². The number of pyridine rings is 1. The van der Waals surface area contributed by atoms with E-state index in [1.54, 1.807) is 12.1 Å². The summed E-state index contributed by atoms with van der Waals surface area (Å²) in [7, 11) is 0. The van der Waals surface area contributed by atoms with Crippen LogP contribution in [0.2, 0.25) is 0 Å². The monoisotopic (exact) mass is 282 g/mol. The summed E-state index contributed by atoms with van der Waals surface area (Å²) in [6, 6.07) is 13.1. The Hall–Kier alpha value is -2.36. The van der Waals surface area contributed by atoms with Gasteiger partial charge in [-0.25, -0.2) is 0 Å². The minimum Gasteiger partial charge on any atom is -0.392 e. The van der Waals surface area contributed by atoms with Gasteiger partial charge in [-0.2, -0.15) is 5.26 Å². The summed E-state index contributed by atoms with van der Waals surface area (Å²) < 4.78 is 1.87. The normalized spacial score (nSPS) is 10.6. The van der Waals surface area contributed by atoms with Gasteiger partial charge in [0.15, 0.2) is 10.8 Å². The average Bonchev–Trinajstić information content (AvgIpc) is 2.91. The number of aliphatic hydroxyl groups excluding tert-OH is 1. The summed E-state index contributed by atoms with van der Waals surface area (Å²) >= 11 is 1.38. The van der Waals surface area contributed by atoms with Crippen molar-refractivity contribution in [3.8, 4) is 6.07 Å². The highest BCUT2D eigenvalue weighted by Gasteiger charge is 2.10. The van der Waals surface area contributed by atoms with Gasteiger partial charge in [0, 0.05) is 11.1 Å². The molecule has 0 saturated carbocycles. The highest BCUT2D eigenvalue weighted by atomic mass is 32.2. The summed E-state index contributed by atoms with van der Waals surface area (Å²) in [5, 5.41) is 27.2. The van der Waals surface area contributed by atoms with Gasteiger partial charge in [0.05, 0.1) is 12.2 Å². The Morgan fingerprint density at radius 1 is 1.25 bits per heavy atom. The van der Waals surface area contributed by atoms with Crippen molar-refractivity contribution < 1.29 is 5.11 Å². The number of nitriles is 1. The molecule has 2 heterocycles. The van der Waals surface area contributed by atoms with Crippen LogP contribution in [0.25, 0.3) is 5.65 Å². The van der Waals surface area contributed by atoms with Crippen molar-refractivity contribution >= 4 is 17.4 Å². The minimum atomic E-state index is -0.0759. The van der Waals surface area contributed by atoms with Crippen LogP contribution in [0.3, 0.4) is 0 Å². The highest BCUT2D eigenvalue weighted by Crippen LogP contribution is 2.29. The van der Waals surface area contributed by atoms with E-state index >= 15 is 0 Å². The molecule has 0 amide bonds. The number of hydrogen-bond donors (Lipinski definition) is 1. The Morgan fingerprint density at radius 2 is 2.15 bits per heavy atom. The molecular weight excluding hydrogens is 272 g/mol. The minimum absolute atomic E-state index is 0.0759. The lowest BCUT2D eigenvalue weighted by Crippen LogP contribution is -1.90. The molecule has 0 fully saturated rings. The molecule has 0 aliphatic rings. The zero-order valence-electron chi connectivity index (χ0n) is 10.4. The smallest absolute Gasteiger partial charge is 0.200 e. The first-order chi connectivity index (χ1) is 9.81. The molecule has 1 aromatic carbocycles. The maximum atomic E-state index is 9.19. The van der Waals surface area contributed by atoms with Gasteiger partial charge in [-0.15, -0.1) is 10.2 Å². The van der Waals surface area contributed by atoms with Crippen LogP contribution in [0.15, 0.2) is 52.6 Å². The van der Waals surface area contributed by atoms with Crippen molar-refractivity contribution in [3.63, 3.8) is 0 Å². The Balaban J connectivity index is 2.01. The van der Waals surface area contributed by atoms with Gasteiger partial charge >= 0.3 is 0 Å². The molecule has 3 aromatic rings. The Labute approximate surface area is 119 Å². The highest BCUT2D eigenvalue weighted by molar-refractivity contribution is 7.99. The average molecular weight is 282 g/mol. The van der Waals surface area contributed by atoms with Gasteiger partial charge in [-0.05, 0) is 41.6 Å². The molecule has 0 unspecified atom stereocenters. The predicted molar refractivity (Wildman–Crippen MR) is 74.2 cm³/mol. The third-order valence-electron chi connectivity index (χ3n) is 2.83. The van der Waals surface area contributed by atoms with Crippen molar-refractivity contribution in [2.75, 3.05) is 0 Å². The second-order valence-electron chi connectivity index (χ2n) is 4.11. The van der Waals surface area contributed by atoms with E-state index in [1.165, 1.54) is 11.8 Å².